The van der Waals surface area contributed by atoms with Gasteiger partial charge in [-0.3, -0.25) is 19.8 Å². The molecule has 0 aliphatic heterocycles. The third kappa shape index (κ3) is 5.86. The van der Waals surface area contributed by atoms with Crippen molar-refractivity contribution in [2.24, 2.45) is 0 Å². The minimum atomic E-state index is -0.441. The van der Waals surface area contributed by atoms with Gasteiger partial charge in [-0.25, -0.2) is 4.98 Å². The average molecular weight is 491 g/mol. The van der Waals surface area contributed by atoms with Gasteiger partial charge in [-0.15, -0.1) is 0 Å². The maximum Gasteiger partial charge on any atom is 0.324 e. The second kappa shape index (κ2) is 11.2. The van der Waals surface area contributed by atoms with Crippen molar-refractivity contribution >= 4 is 55.0 Å². The lowest BCUT2D eigenvalue weighted by molar-refractivity contribution is -0.380. The Kier molecular flexibility index (Phi) is 8.37. The molecule has 0 N–H and O–H groups in total. The number of fused-ring (bicyclic) bond motifs is 1. The third-order valence-corrected chi connectivity index (χ3v) is 7.14. The highest BCUT2D eigenvalue weighted by molar-refractivity contribution is 7.22. The fourth-order valence-electron chi connectivity index (χ4n) is 3.21. The Bertz CT molecular complexity index is 1110. The molecule has 0 saturated heterocycles. The molecule has 11 heteroatoms. The van der Waals surface area contributed by atoms with Crippen LogP contribution < -0.4 is 14.4 Å². The average Bonchev–Trinajstić information content (AvgIpc) is 3.46. The number of hydrogen-bond acceptors (Lipinski definition) is 9. The number of ether oxygens (including phenoxy) is 2. The minimum absolute atomic E-state index is 0.0366. The van der Waals surface area contributed by atoms with Gasteiger partial charge in [0.1, 0.15) is 0 Å². The van der Waals surface area contributed by atoms with E-state index in [1.807, 2.05) is 6.07 Å². The van der Waals surface area contributed by atoms with Crippen LogP contribution in [0.15, 0.2) is 30.3 Å². The summed E-state index contributed by atoms with van der Waals surface area (Å²) >= 11 is 2.42. The van der Waals surface area contributed by atoms with Crippen LogP contribution in [0.4, 0.5) is 10.1 Å². The molecule has 2 heterocycles. The normalized spacial score (nSPS) is 11.4. The molecule has 3 rings (SSSR count). The van der Waals surface area contributed by atoms with E-state index in [0.29, 0.717) is 40.1 Å². The Hall–Kier alpha value is -3.02. The van der Waals surface area contributed by atoms with Crippen molar-refractivity contribution in [2.75, 3.05) is 45.3 Å². The molecule has 0 bridgehead atoms. The number of methoxy groups -OCH3 is 2. The van der Waals surface area contributed by atoms with Crippen molar-refractivity contribution in [3.8, 4) is 11.5 Å². The van der Waals surface area contributed by atoms with Crippen LogP contribution in [0, 0.1) is 10.1 Å². The highest BCUT2D eigenvalue weighted by Crippen LogP contribution is 2.37. The number of amides is 1. The summed E-state index contributed by atoms with van der Waals surface area (Å²) in [5, 5.41) is 11.5. The number of nitrogens with zero attached hydrogens (tertiary/aromatic N) is 4. The first-order chi connectivity index (χ1) is 15.9. The molecule has 1 amide bonds. The van der Waals surface area contributed by atoms with Crippen molar-refractivity contribution in [1.29, 1.82) is 0 Å². The van der Waals surface area contributed by atoms with E-state index in [1.54, 1.807) is 37.3 Å². The van der Waals surface area contributed by atoms with Gasteiger partial charge < -0.3 is 14.4 Å². The zero-order chi connectivity index (χ0) is 24.0. The fourth-order valence-corrected chi connectivity index (χ4v) is 4.94. The lowest BCUT2D eigenvalue weighted by Gasteiger charge is -2.23. The summed E-state index contributed by atoms with van der Waals surface area (Å²) in [7, 11) is 3.14. The van der Waals surface area contributed by atoms with E-state index >= 15 is 0 Å². The number of thiophene rings is 1. The second-order valence-corrected chi connectivity index (χ2v) is 9.06. The van der Waals surface area contributed by atoms with E-state index in [-0.39, 0.29) is 10.9 Å². The maximum atomic E-state index is 13.2. The Morgan fingerprint density at radius 1 is 1.12 bits per heavy atom. The van der Waals surface area contributed by atoms with Crippen molar-refractivity contribution in [1.82, 2.24) is 9.88 Å². The molecule has 0 fully saturated rings. The van der Waals surface area contributed by atoms with E-state index in [9.17, 15) is 14.9 Å². The van der Waals surface area contributed by atoms with Gasteiger partial charge in [0.15, 0.2) is 16.6 Å². The van der Waals surface area contributed by atoms with Crippen LogP contribution in [0.25, 0.3) is 16.3 Å². The predicted molar refractivity (Wildman–Crippen MR) is 133 cm³/mol. The van der Waals surface area contributed by atoms with Gasteiger partial charge in [0.25, 0.3) is 5.91 Å². The van der Waals surface area contributed by atoms with E-state index < -0.39 is 4.92 Å². The lowest BCUT2D eigenvalue weighted by atomic mass is 10.3. The van der Waals surface area contributed by atoms with Gasteiger partial charge in [0, 0.05) is 42.2 Å². The Balaban J connectivity index is 1.91. The number of benzene rings is 1. The number of nitro groups is 1. The Morgan fingerprint density at radius 2 is 1.82 bits per heavy atom. The number of carbonyl (C=O) groups is 1. The van der Waals surface area contributed by atoms with Crippen LogP contribution in [0.5, 0.6) is 11.5 Å². The first kappa shape index (κ1) is 24.6. The summed E-state index contributed by atoms with van der Waals surface area (Å²) in [5.41, 5.74) is 0.714. The SMILES string of the molecule is CCN(CC)CCN(C(=O)/C=C/c1ccc([N+](=O)[O-])s1)c1nc2cc(OC)c(OC)cc2s1. The molecular formula is C22H26N4O5S2. The molecule has 0 aliphatic rings. The number of carbonyl (C=O) groups excluding carboxylic acids is 1. The molecule has 33 heavy (non-hydrogen) atoms. The molecule has 0 saturated carbocycles. The first-order valence-corrected chi connectivity index (χ1v) is 12.0. The first-order valence-electron chi connectivity index (χ1n) is 10.4. The van der Waals surface area contributed by atoms with Crippen molar-refractivity contribution in [3.05, 3.63) is 45.3 Å². The molecule has 176 valence electrons. The van der Waals surface area contributed by atoms with Crippen molar-refractivity contribution in [2.45, 2.75) is 13.8 Å². The third-order valence-electron chi connectivity index (χ3n) is 5.10. The molecule has 1 aromatic carbocycles. The Morgan fingerprint density at radius 3 is 2.42 bits per heavy atom. The van der Waals surface area contributed by atoms with Crippen LogP contribution >= 0.6 is 22.7 Å². The molecule has 9 nitrogen and oxygen atoms in total. The monoisotopic (exact) mass is 490 g/mol. The van der Waals surface area contributed by atoms with Crippen molar-refractivity contribution < 1.29 is 19.2 Å². The number of likely N-dealkylation sites (N-methyl/N-ethyl adjacent to an activating group) is 1. The predicted octanol–water partition coefficient (Wildman–Crippen LogP) is 4.67. The van der Waals surface area contributed by atoms with Crippen LogP contribution in [0.3, 0.4) is 0 Å². The van der Waals surface area contributed by atoms with E-state index in [4.69, 9.17) is 9.47 Å². The Labute approximate surface area is 200 Å². The summed E-state index contributed by atoms with van der Waals surface area (Å²) in [4.78, 5) is 32.8. The number of thiazole rings is 1. The van der Waals surface area contributed by atoms with Gasteiger partial charge >= 0.3 is 5.00 Å². The number of hydrogen-bond donors (Lipinski definition) is 0. The molecule has 0 unspecified atom stereocenters. The highest BCUT2D eigenvalue weighted by atomic mass is 32.1. The standard InChI is InChI=1S/C22H26N4O5S2/c1-5-24(6-2)11-12-25(20(27)9-7-15-8-10-21(32-15)26(28)29)22-23-16-13-17(30-3)18(31-4)14-19(16)33-22/h7-10,13-14H,5-6,11-12H2,1-4H3/b9-7+. The zero-order valence-corrected chi connectivity index (χ0v) is 20.6. The lowest BCUT2D eigenvalue weighted by Crippen LogP contribution is -2.38. The van der Waals surface area contributed by atoms with Gasteiger partial charge in [-0.2, -0.15) is 0 Å². The topological polar surface area (TPSA) is 98.0 Å². The maximum absolute atomic E-state index is 13.2. The molecule has 3 aromatic rings. The summed E-state index contributed by atoms with van der Waals surface area (Å²) in [6.07, 6.45) is 3.04. The van der Waals surface area contributed by atoms with Crippen LogP contribution in [0.2, 0.25) is 0 Å². The van der Waals surface area contributed by atoms with Crippen LogP contribution in [0.1, 0.15) is 18.7 Å². The van der Waals surface area contributed by atoms with Gasteiger partial charge in [0.2, 0.25) is 0 Å². The molecule has 0 atom stereocenters. The number of rotatable bonds is 11. The van der Waals surface area contributed by atoms with Gasteiger partial charge in [0.05, 0.1) is 29.4 Å². The quantitative estimate of drug-likeness (QED) is 0.219. The minimum Gasteiger partial charge on any atom is -0.493 e. The van der Waals surface area contributed by atoms with E-state index in [2.05, 4.69) is 23.7 Å². The largest absolute Gasteiger partial charge is 0.493 e. The van der Waals surface area contributed by atoms with Crippen molar-refractivity contribution in [3.63, 3.8) is 0 Å². The number of anilines is 1. The van der Waals surface area contributed by atoms with Crippen LogP contribution in [-0.2, 0) is 4.79 Å². The van der Waals surface area contributed by atoms with E-state index in [1.165, 1.54) is 23.5 Å². The summed E-state index contributed by atoms with van der Waals surface area (Å²) in [6.45, 7) is 7.07. The summed E-state index contributed by atoms with van der Waals surface area (Å²) in [5.74, 6) is 0.929. The molecule has 0 aliphatic carbocycles. The molecule has 2 aromatic heterocycles. The van der Waals surface area contributed by atoms with Crippen LogP contribution in [-0.4, -0.2) is 61.1 Å². The fraction of sp³-hybridized carbons (Fsp3) is 0.364. The summed E-state index contributed by atoms with van der Waals surface area (Å²) < 4.78 is 11.6. The zero-order valence-electron chi connectivity index (χ0n) is 18.9. The number of aromatic nitrogens is 1. The molecule has 0 spiro atoms. The second-order valence-electron chi connectivity index (χ2n) is 6.95. The van der Waals surface area contributed by atoms with E-state index in [0.717, 1.165) is 29.1 Å². The smallest absolute Gasteiger partial charge is 0.324 e. The van der Waals surface area contributed by atoms with Gasteiger partial charge in [-0.1, -0.05) is 36.5 Å². The molecule has 0 radical (unpaired) electrons. The van der Waals surface area contributed by atoms with Gasteiger partial charge in [-0.05, 0) is 25.2 Å². The summed E-state index contributed by atoms with van der Waals surface area (Å²) in [6, 6.07) is 6.70. The highest BCUT2D eigenvalue weighted by Gasteiger charge is 2.20. The molecular weight excluding hydrogens is 464 g/mol.